The molecule has 0 aliphatic heterocycles. The monoisotopic (exact) mass is 417 g/mol. The SMILES string of the molecule is COc1cc2c(cc1CO)Cc1c(-c3ccc(C#N)cc3)nn(CC[Si](C)(C)C)c1-2. The maximum atomic E-state index is 9.74. The third kappa shape index (κ3) is 3.67. The van der Waals surface area contributed by atoms with Crippen LogP contribution in [0.3, 0.4) is 0 Å². The van der Waals surface area contributed by atoms with Crippen molar-refractivity contribution in [3.05, 3.63) is 58.7 Å². The molecular formula is C24H27N3O2Si. The van der Waals surface area contributed by atoms with Gasteiger partial charge >= 0.3 is 0 Å². The largest absolute Gasteiger partial charge is 0.496 e. The number of hydrogen-bond acceptors (Lipinski definition) is 4. The minimum atomic E-state index is -1.23. The number of aromatic nitrogens is 2. The van der Waals surface area contributed by atoms with Gasteiger partial charge in [-0.2, -0.15) is 10.4 Å². The minimum Gasteiger partial charge on any atom is -0.496 e. The van der Waals surface area contributed by atoms with Gasteiger partial charge in [0.25, 0.3) is 0 Å². The fraction of sp³-hybridized carbons (Fsp3) is 0.333. The van der Waals surface area contributed by atoms with Crippen LogP contribution in [0.5, 0.6) is 5.75 Å². The number of methoxy groups -OCH3 is 1. The summed E-state index contributed by atoms with van der Waals surface area (Å²) in [5.41, 5.74) is 8.17. The molecule has 3 aromatic rings. The molecule has 0 radical (unpaired) electrons. The van der Waals surface area contributed by atoms with E-state index in [1.165, 1.54) is 11.1 Å². The summed E-state index contributed by atoms with van der Waals surface area (Å²) in [6.45, 7) is 7.98. The number of hydrogen-bond donors (Lipinski definition) is 1. The molecule has 1 aliphatic carbocycles. The van der Waals surface area contributed by atoms with Crippen LogP contribution >= 0.6 is 0 Å². The summed E-state index contributed by atoms with van der Waals surface area (Å²) in [6, 6.07) is 15.1. The molecule has 0 saturated carbocycles. The molecule has 0 spiro atoms. The molecule has 1 aliphatic rings. The highest BCUT2D eigenvalue weighted by atomic mass is 28.3. The standard InChI is InChI=1S/C24H27N3O2Si/c1-29-22-13-20-18(11-19(22)15-28)12-21-23(17-7-5-16(14-25)6-8-17)26-27(24(20)21)9-10-30(2,3)4/h5-8,11,13,28H,9-10,12,15H2,1-4H3. The summed E-state index contributed by atoms with van der Waals surface area (Å²) in [6.07, 6.45) is 0.782. The number of aliphatic hydroxyl groups excluding tert-OH is 1. The Bertz CT molecular complexity index is 1140. The topological polar surface area (TPSA) is 71.1 Å². The molecule has 154 valence electrons. The van der Waals surface area contributed by atoms with Crippen molar-refractivity contribution in [3.63, 3.8) is 0 Å². The fourth-order valence-electron chi connectivity index (χ4n) is 4.05. The minimum absolute atomic E-state index is 0.0446. The molecule has 0 amide bonds. The number of benzene rings is 2. The van der Waals surface area contributed by atoms with Crippen molar-refractivity contribution in [1.82, 2.24) is 9.78 Å². The van der Waals surface area contributed by atoms with Crippen molar-refractivity contribution in [2.45, 2.75) is 45.3 Å². The third-order valence-electron chi connectivity index (χ3n) is 5.71. The lowest BCUT2D eigenvalue weighted by Crippen LogP contribution is -2.22. The van der Waals surface area contributed by atoms with E-state index in [1.54, 1.807) is 7.11 Å². The Labute approximate surface area is 178 Å². The van der Waals surface area contributed by atoms with Crippen LogP contribution in [0.4, 0.5) is 0 Å². The summed E-state index contributed by atoms with van der Waals surface area (Å²) >= 11 is 0. The maximum absolute atomic E-state index is 9.74. The van der Waals surface area contributed by atoms with Crippen molar-refractivity contribution in [1.29, 1.82) is 5.26 Å². The zero-order valence-corrected chi connectivity index (χ0v) is 19.0. The maximum Gasteiger partial charge on any atom is 0.125 e. The van der Waals surface area contributed by atoms with Crippen molar-refractivity contribution in [2.75, 3.05) is 7.11 Å². The molecular weight excluding hydrogens is 390 g/mol. The lowest BCUT2D eigenvalue weighted by molar-refractivity contribution is 0.273. The van der Waals surface area contributed by atoms with Gasteiger partial charge in [0.2, 0.25) is 0 Å². The summed E-state index contributed by atoms with van der Waals surface area (Å²) in [5.74, 6) is 0.710. The van der Waals surface area contributed by atoms with Gasteiger partial charge in [-0.05, 0) is 35.9 Å². The van der Waals surface area contributed by atoms with E-state index < -0.39 is 8.07 Å². The number of fused-ring (bicyclic) bond motifs is 3. The van der Waals surface area contributed by atoms with Gasteiger partial charge in [-0.25, -0.2) is 0 Å². The highest BCUT2D eigenvalue weighted by Crippen LogP contribution is 2.44. The van der Waals surface area contributed by atoms with Gasteiger partial charge in [0, 0.05) is 43.3 Å². The van der Waals surface area contributed by atoms with Gasteiger partial charge in [-0.1, -0.05) is 31.8 Å². The van der Waals surface area contributed by atoms with Crippen LogP contribution in [0, 0.1) is 11.3 Å². The van der Waals surface area contributed by atoms with E-state index in [1.807, 2.05) is 30.3 Å². The lowest BCUT2D eigenvalue weighted by Gasteiger charge is -2.17. The molecule has 0 bridgehead atoms. The Morgan fingerprint density at radius 2 is 1.93 bits per heavy atom. The van der Waals surface area contributed by atoms with Gasteiger partial charge in [0.05, 0.1) is 36.7 Å². The fourth-order valence-corrected chi connectivity index (χ4v) is 4.93. The second-order valence-electron chi connectivity index (χ2n) is 9.05. The van der Waals surface area contributed by atoms with Gasteiger partial charge in [0.1, 0.15) is 5.75 Å². The third-order valence-corrected chi connectivity index (χ3v) is 7.43. The van der Waals surface area contributed by atoms with E-state index in [2.05, 4.69) is 36.5 Å². The van der Waals surface area contributed by atoms with E-state index in [9.17, 15) is 5.11 Å². The van der Waals surface area contributed by atoms with Gasteiger partial charge < -0.3 is 9.84 Å². The van der Waals surface area contributed by atoms with Crippen molar-refractivity contribution < 1.29 is 9.84 Å². The second-order valence-corrected chi connectivity index (χ2v) is 14.7. The van der Waals surface area contributed by atoms with E-state index >= 15 is 0 Å². The Morgan fingerprint density at radius 3 is 2.53 bits per heavy atom. The quantitative estimate of drug-likeness (QED) is 0.456. The van der Waals surface area contributed by atoms with E-state index in [-0.39, 0.29) is 6.61 Å². The van der Waals surface area contributed by atoms with Gasteiger partial charge in [0.15, 0.2) is 0 Å². The Balaban J connectivity index is 1.86. The van der Waals surface area contributed by atoms with Crippen molar-refractivity contribution >= 4 is 8.07 Å². The molecule has 6 heteroatoms. The van der Waals surface area contributed by atoms with Crippen LogP contribution in [0.1, 0.15) is 22.3 Å². The summed E-state index contributed by atoms with van der Waals surface area (Å²) in [5, 5.41) is 23.9. The zero-order valence-electron chi connectivity index (χ0n) is 18.0. The molecule has 1 N–H and O–H groups in total. The Kier molecular flexibility index (Phi) is 5.27. The molecule has 2 aromatic carbocycles. The first-order chi connectivity index (χ1) is 14.3. The van der Waals surface area contributed by atoms with Crippen molar-refractivity contribution in [3.8, 4) is 34.3 Å². The molecule has 0 fully saturated rings. The number of ether oxygens (including phenoxy) is 1. The van der Waals surface area contributed by atoms with Crippen LogP contribution in [0.25, 0.3) is 22.5 Å². The predicted molar refractivity (Wildman–Crippen MR) is 121 cm³/mol. The first kappa shape index (κ1) is 20.4. The summed E-state index contributed by atoms with van der Waals surface area (Å²) < 4.78 is 7.69. The number of nitriles is 1. The van der Waals surface area contributed by atoms with Crippen LogP contribution < -0.4 is 4.74 Å². The normalized spacial score (nSPS) is 12.4. The number of nitrogens with zero attached hydrogens (tertiary/aromatic N) is 3. The number of rotatable bonds is 6. The molecule has 30 heavy (non-hydrogen) atoms. The van der Waals surface area contributed by atoms with Crippen LogP contribution in [-0.2, 0) is 19.6 Å². The zero-order chi connectivity index (χ0) is 21.5. The molecule has 0 saturated heterocycles. The number of aliphatic hydroxyl groups is 1. The van der Waals surface area contributed by atoms with Crippen LogP contribution in [-0.4, -0.2) is 30.1 Å². The summed E-state index contributed by atoms with van der Waals surface area (Å²) in [7, 11) is 0.406. The molecule has 0 unspecified atom stereocenters. The second kappa shape index (κ2) is 7.75. The van der Waals surface area contributed by atoms with E-state index in [0.717, 1.165) is 47.1 Å². The van der Waals surface area contributed by atoms with Crippen LogP contribution in [0.2, 0.25) is 25.7 Å². The Hall–Kier alpha value is -2.88. The smallest absolute Gasteiger partial charge is 0.125 e. The molecule has 0 atom stereocenters. The predicted octanol–water partition coefficient (Wildman–Crippen LogP) is 4.83. The van der Waals surface area contributed by atoms with Gasteiger partial charge in [-0.15, -0.1) is 0 Å². The first-order valence-corrected chi connectivity index (χ1v) is 14.0. The lowest BCUT2D eigenvalue weighted by atomic mass is 10.0. The van der Waals surface area contributed by atoms with Crippen molar-refractivity contribution in [2.24, 2.45) is 0 Å². The number of aryl methyl sites for hydroxylation is 1. The Morgan fingerprint density at radius 1 is 1.20 bits per heavy atom. The van der Waals surface area contributed by atoms with Crippen LogP contribution in [0.15, 0.2) is 36.4 Å². The first-order valence-electron chi connectivity index (χ1n) is 10.3. The average molecular weight is 418 g/mol. The highest BCUT2D eigenvalue weighted by Gasteiger charge is 2.30. The molecule has 1 aromatic heterocycles. The molecule has 1 heterocycles. The van der Waals surface area contributed by atoms with E-state index in [0.29, 0.717) is 11.3 Å². The van der Waals surface area contributed by atoms with E-state index in [4.69, 9.17) is 15.1 Å². The molecule has 4 rings (SSSR count). The molecule has 5 nitrogen and oxygen atoms in total. The average Bonchev–Trinajstić information content (AvgIpc) is 3.27. The highest BCUT2D eigenvalue weighted by molar-refractivity contribution is 6.76. The van der Waals surface area contributed by atoms with Gasteiger partial charge in [-0.3, -0.25) is 4.68 Å². The summed E-state index contributed by atoms with van der Waals surface area (Å²) in [4.78, 5) is 0.